The number of carbonyl (C=O) groups is 1. The van der Waals surface area contributed by atoms with Gasteiger partial charge in [0.2, 0.25) is 0 Å². The average Bonchev–Trinajstić information content (AvgIpc) is 2.27. The molecule has 0 saturated carbocycles. The number of hydrogen-bond acceptors (Lipinski definition) is 4. The van der Waals surface area contributed by atoms with Crippen molar-refractivity contribution >= 4 is 17.7 Å². The minimum absolute atomic E-state index is 0.371. The van der Waals surface area contributed by atoms with Gasteiger partial charge in [-0.25, -0.2) is 9.78 Å². The maximum Gasteiger partial charge on any atom is 0.357 e. The number of esters is 1. The van der Waals surface area contributed by atoms with E-state index in [0.29, 0.717) is 5.69 Å². The first-order valence-corrected chi connectivity index (χ1v) is 5.57. The predicted octanol–water partition coefficient (Wildman–Crippen LogP) is 2.15. The molecule has 1 aromatic heterocycles. The summed E-state index contributed by atoms with van der Waals surface area (Å²) in [5.41, 5.74) is 1.32. The van der Waals surface area contributed by atoms with E-state index in [9.17, 15) is 4.79 Å². The molecule has 3 nitrogen and oxygen atoms in total. The monoisotopic (exact) mass is 211 g/mol. The lowest BCUT2D eigenvalue weighted by Gasteiger charge is -2.05. The first kappa shape index (κ1) is 11.0. The van der Waals surface area contributed by atoms with E-state index in [1.165, 1.54) is 18.9 Å². The molecule has 1 heterocycles. The van der Waals surface area contributed by atoms with E-state index in [-0.39, 0.29) is 5.97 Å². The van der Waals surface area contributed by atoms with Gasteiger partial charge in [0.15, 0.2) is 5.69 Å². The molecule has 0 fully saturated rings. The average molecular weight is 211 g/mol. The number of pyridine rings is 1. The Morgan fingerprint density at radius 3 is 2.79 bits per heavy atom. The van der Waals surface area contributed by atoms with Crippen molar-refractivity contribution in [1.29, 1.82) is 0 Å². The molecule has 76 valence electrons. The number of aryl methyl sites for hydroxylation is 1. The smallest absolute Gasteiger partial charge is 0.357 e. The molecule has 0 amide bonds. The Morgan fingerprint density at radius 2 is 2.29 bits per heavy atom. The Bertz CT molecular complexity index is 339. The lowest BCUT2D eigenvalue weighted by atomic mass is 10.2. The highest BCUT2D eigenvalue weighted by atomic mass is 32.2. The Morgan fingerprint density at radius 1 is 1.57 bits per heavy atom. The molecule has 1 rings (SSSR count). The van der Waals surface area contributed by atoms with Crippen LogP contribution in [0.3, 0.4) is 0 Å². The van der Waals surface area contributed by atoms with Crippen LogP contribution >= 0.6 is 11.8 Å². The van der Waals surface area contributed by atoms with Crippen LogP contribution in [0.25, 0.3) is 0 Å². The third kappa shape index (κ3) is 2.26. The molecular formula is C10H13NO2S. The summed E-state index contributed by atoms with van der Waals surface area (Å²) in [6.07, 6.45) is 2.73. The summed E-state index contributed by atoms with van der Waals surface area (Å²) in [6.45, 7) is 2.00. The second-order valence-electron chi connectivity index (χ2n) is 2.70. The molecule has 0 aromatic carbocycles. The minimum Gasteiger partial charge on any atom is -0.464 e. The van der Waals surface area contributed by atoms with Crippen molar-refractivity contribution in [3.8, 4) is 0 Å². The van der Waals surface area contributed by atoms with Gasteiger partial charge >= 0.3 is 5.97 Å². The molecule has 0 aliphatic rings. The lowest BCUT2D eigenvalue weighted by molar-refractivity contribution is 0.0589. The van der Waals surface area contributed by atoms with Crippen LogP contribution in [0.1, 0.15) is 23.1 Å². The van der Waals surface area contributed by atoms with Crippen LogP contribution in [0, 0.1) is 0 Å². The van der Waals surface area contributed by atoms with Gasteiger partial charge in [0.25, 0.3) is 0 Å². The molecule has 0 saturated heterocycles. The van der Waals surface area contributed by atoms with Gasteiger partial charge in [-0.15, -0.1) is 11.8 Å². The molecule has 0 atom stereocenters. The zero-order valence-electron chi connectivity index (χ0n) is 8.53. The van der Waals surface area contributed by atoms with E-state index in [1.807, 2.05) is 25.3 Å². The van der Waals surface area contributed by atoms with Crippen molar-refractivity contribution in [2.45, 2.75) is 18.2 Å². The van der Waals surface area contributed by atoms with Crippen molar-refractivity contribution in [2.75, 3.05) is 13.4 Å². The molecule has 14 heavy (non-hydrogen) atoms. The summed E-state index contributed by atoms with van der Waals surface area (Å²) < 4.78 is 4.66. The van der Waals surface area contributed by atoms with Crippen molar-refractivity contribution in [1.82, 2.24) is 4.98 Å². The second-order valence-corrected chi connectivity index (χ2v) is 3.55. The maximum absolute atomic E-state index is 11.4. The van der Waals surface area contributed by atoms with Gasteiger partial charge in [0, 0.05) is 10.6 Å². The molecule has 0 radical (unpaired) electrons. The third-order valence-corrected chi connectivity index (χ3v) is 2.65. The standard InChI is InChI=1S/C10H13NO2S/c1-4-7-5-6-8(14-3)9(11-7)10(12)13-2/h5-6H,4H2,1-3H3. The van der Waals surface area contributed by atoms with Crippen LogP contribution in [-0.2, 0) is 11.2 Å². The van der Waals surface area contributed by atoms with Crippen molar-refractivity contribution in [3.63, 3.8) is 0 Å². The minimum atomic E-state index is -0.371. The highest BCUT2D eigenvalue weighted by Crippen LogP contribution is 2.19. The Hall–Kier alpha value is -1.03. The van der Waals surface area contributed by atoms with Gasteiger partial charge < -0.3 is 4.74 Å². The lowest BCUT2D eigenvalue weighted by Crippen LogP contribution is -2.07. The second kappa shape index (κ2) is 5.00. The van der Waals surface area contributed by atoms with E-state index in [2.05, 4.69) is 9.72 Å². The topological polar surface area (TPSA) is 39.2 Å². The predicted molar refractivity (Wildman–Crippen MR) is 56.7 cm³/mol. The summed E-state index contributed by atoms with van der Waals surface area (Å²) in [5, 5.41) is 0. The fourth-order valence-electron chi connectivity index (χ4n) is 1.09. The summed E-state index contributed by atoms with van der Waals surface area (Å²) >= 11 is 1.49. The van der Waals surface area contributed by atoms with Crippen LogP contribution in [0.5, 0.6) is 0 Å². The van der Waals surface area contributed by atoms with Gasteiger partial charge in [-0.2, -0.15) is 0 Å². The van der Waals surface area contributed by atoms with Crippen LogP contribution in [0.15, 0.2) is 17.0 Å². The van der Waals surface area contributed by atoms with Crippen LogP contribution in [0.2, 0.25) is 0 Å². The van der Waals surface area contributed by atoms with Crippen molar-refractivity contribution < 1.29 is 9.53 Å². The van der Waals surface area contributed by atoms with Crippen molar-refractivity contribution in [2.24, 2.45) is 0 Å². The van der Waals surface area contributed by atoms with E-state index in [4.69, 9.17) is 0 Å². The van der Waals surface area contributed by atoms with Crippen LogP contribution in [0.4, 0.5) is 0 Å². The number of carbonyl (C=O) groups excluding carboxylic acids is 1. The fourth-order valence-corrected chi connectivity index (χ4v) is 1.62. The Labute approximate surface area is 87.9 Å². The molecule has 0 aliphatic carbocycles. The van der Waals surface area contributed by atoms with Gasteiger partial charge in [-0.1, -0.05) is 6.92 Å². The maximum atomic E-state index is 11.4. The van der Waals surface area contributed by atoms with Crippen molar-refractivity contribution in [3.05, 3.63) is 23.5 Å². The Kier molecular flexibility index (Phi) is 3.95. The van der Waals surface area contributed by atoms with E-state index >= 15 is 0 Å². The van der Waals surface area contributed by atoms with Gasteiger partial charge in [0.05, 0.1) is 7.11 Å². The summed E-state index contributed by atoms with van der Waals surface area (Å²) in [4.78, 5) is 16.5. The molecule has 0 N–H and O–H groups in total. The largest absolute Gasteiger partial charge is 0.464 e. The van der Waals surface area contributed by atoms with Crippen LogP contribution < -0.4 is 0 Å². The summed E-state index contributed by atoms with van der Waals surface area (Å²) in [6, 6.07) is 3.83. The van der Waals surface area contributed by atoms with Gasteiger partial charge in [-0.3, -0.25) is 0 Å². The summed E-state index contributed by atoms with van der Waals surface area (Å²) in [5.74, 6) is -0.371. The van der Waals surface area contributed by atoms with E-state index < -0.39 is 0 Å². The van der Waals surface area contributed by atoms with Gasteiger partial charge in [0.1, 0.15) is 0 Å². The van der Waals surface area contributed by atoms with Crippen LogP contribution in [-0.4, -0.2) is 24.3 Å². The number of aromatic nitrogens is 1. The molecule has 0 aliphatic heterocycles. The normalized spacial score (nSPS) is 9.93. The number of methoxy groups -OCH3 is 1. The highest BCUT2D eigenvalue weighted by molar-refractivity contribution is 7.98. The molecule has 0 unspecified atom stereocenters. The fraction of sp³-hybridized carbons (Fsp3) is 0.400. The highest BCUT2D eigenvalue weighted by Gasteiger charge is 2.13. The number of rotatable bonds is 3. The first-order chi connectivity index (χ1) is 6.72. The number of thioether (sulfide) groups is 1. The zero-order valence-corrected chi connectivity index (χ0v) is 9.35. The number of nitrogens with zero attached hydrogens (tertiary/aromatic N) is 1. The van der Waals surface area contributed by atoms with E-state index in [0.717, 1.165) is 17.0 Å². The summed E-state index contributed by atoms with van der Waals surface area (Å²) in [7, 11) is 1.37. The SMILES string of the molecule is CCc1ccc(SC)c(C(=O)OC)n1. The quantitative estimate of drug-likeness (QED) is 0.567. The Balaban J connectivity index is 3.14. The van der Waals surface area contributed by atoms with E-state index in [1.54, 1.807) is 0 Å². The number of hydrogen-bond donors (Lipinski definition) is 0. The molecule has 1 aromatic rings. The van der Waals surface area contributed by atoms with Gasteiger partial charge in [-0.05, 0) is 24.8 Å². The first-order valence-electron chi connectivity index (χ1n) is 4.35. The number of ether oxygens (including phenoxy) is 1. The molecule has 0 spiro atoms. The third-order valence-electron chi connectivity index (χ3n) is 1.88. The molecule has 4 heteroatoms. The molecular weight excluding hydrogens is 198 g/mol. The zero-order chi connectivity index (χ0) is 10.6. The molecule has 0 bridgehead atoms.